The van der Waals surface area contributed by atoms with Gasteiger partial charge in [0.2, 0.25) is 0 Å². The Morgan fingerprint density at radius 3 is 2.38 bits per heavy atom. The fourth-order valence-electron chi connectivity index (χ4n) is 6.31. The molecule has 4 heterocycles. The van der Waals surface area contributed by atoms with Gasteiger partial charge in [-0.05, 0) is 54.5 Å². The summed E-state index contributed by atoms with van der Waals surface area (Å²) in [6.45, 7) is 3.27. The van der Waals surface area contributed by atoms with Gasteiger partial charge in [0, 0.05) is 69.3 Å². The number of para-hydroxylation sites is 1. The van der Waals surface area contributed by atoms with Gasteiger partial charge in [-0.3, -0.25) is 19.6 Å². The van der Waals surface area contributed by atoms with Gasteiger partial charge in [0.1, 0.15) is 5.54 Å². The third kappa shape index (κ3) is 4.83. The summed E-state index contributed by atoms with van der Waals surface area (Å²) in [6, 6.07) is 22.3. The highest BCUT2D eigenvalue weighted by atomic mass is 16.2. The van der Waals surface area contributed by atoms with E-state index >= 15 is 0 Å². The van der Waals surface area contributed by atoms with E-state index < -0.39 is 5.54 Å². The van der Waals surface area contributed by atoms with Crippen molar-refractivity contribution in [2.24, 2.45) is 7.05 Å². The van der Waals surface area contributed by atoms with Crippen molar-refractivity contribution in [3.63, 3.8) is 0 Å². The summed E-state index contributed by atoms with van der Waals surface area (Å²) in [5.41, 5.74) is 3.92. The second-order valence-electron chi connectivity index (χ2n) is 10.9. The summed E-state index contributed by atoms with van der Waals surface area (Å²) in [7, 11) is 2.09. The fourth-order valence-corrected chi connectivity index (χ4v) is 6.31. The zero-order chi connectivity index (χ0) is 26.8. The smallest absolute Gasteiger partial charge is 0.327 e. The molecule has 4 aromatic rings. The highest BCUT2D eigenvalue weighted by molar-refractivity contribution is 6.07. The van der Waals surface area contributed by atoms with E-state index in [4.69, 9.17) is 0 Å². The molecule has 2 aromatic carbocycles. The standard InChI is InChI=1S/C32H35N5O2/c1-34-23-27(28-13-5-6-14-29(28)34)24-35-19-15-32(16-20-35)30(38)36(18-8-12-25-11-7-17-33-21-25)31(39)37(32)22-26-9-3-2-4-10-26/h2-7,9-11,13-14,17,21,23H,8,12,15-16,18-20,22,24H2,1H3. The predicted octanol–water partition coefficient (Wildman–Crippen LogP) is 5.01. The first-order valence-corrected chi connectivity index (χ1v) is 13.9. The van der Waals surface area contributed by atoms with Gasteiger partial charge in [-0.1, -0.05) is 54.6 Å². The molecular weight excluding hydrogens is 486 g/mol. The molecule has 7 heteroatoms. The van der Waals surface area contributed by atoms with Crippen molar-refractivity contribution in [3.05, 3.63) is 102 Å². The van der Waals surface area contributed by atoms with E-state index in [9.17, 15) is 9.59 Å². The lowest BCUT2D eigenvalue weighted by molar-refractivity contribution is -0.136. The molecule has 39 heavy (non-hydrogen) atoms. The topological polar surface area (TPSA) is 61.7 Å². The van der Waals surface area contributed by atoms with Gasteiger partial charge in [-0.2, -0.15) is 0 Å². The zero-order valence-electron chi connectivity index (χ0n) is 22.5. The van der Waals surface area contributed by atoms with Crippen LogP contribution in [0.15, 0.2) is 85.3 Å². The number of fused-ring (bicyclic) bond motifs is 1. The first-order valence-electron chi connectivity index (χ1n) is 13.9. The molecule has 0 bridgehead atoms. The maximum atomic E-state index is 14.0. The van der Waals surface area contributed by atoms with Crippen molar-refractivity contribution >= 4 is 22.8 Å². The molecule has 0 saturated carbocycles. The molecule has 7 nitrogen and oxygen atoms in total. The van der Waals surface area contributed by atoms with Crippen molar-refractivity contribution in [2.45, 2.75) is 44.3 Å². The molecule has 1 spiro atoms. The first kappa shape index (κ1) is 25.3. The number of carbonyl (C=O) groups excluding carboxylic acids is 2. The number of piperidine rings is 1. The number of aryl methyl sites for hydroxylation is 2. The fraction of sp³-hybridized carbons (Fsp3) is 0.344. The average Bonchev–Trinajstić information content (AvgIpc) is 3.38. The van der Waals surface area contributed by atoms with Gasteiger partial charge in [-0.25, -0.2) is 4.79 Å². The van der Waals surface area contributed by atoms with Gasteiger partial charge in [0.05, 0.1) is 0 Å². The van der Waals surface area contributed by atoms with Crippen LogP contribution in [0, 0.1) is 0 Å². The SMILES string of the molecule is Cn1cc(CN2CCC3(CC2)C(=O)N(CCCc2cccnc2)C(=O)N3Cc2ccccc2)c2ccccc21. The zero-order valence-corrected chi connectivity index (χ0v) is 22.5. The number of likely N-dealkylation sites (tertiary alicyclic amines) is 1. The second-order valence-corrected chi connectivity index (χ2v) is 10.9. The lowest BCUT2D eigenvalue weighted by Crippen LogP contribution is -2.56. The monoisotopic (exact) mass is 521 g/mol. The van der Waals surface area contributed by atoms with Crippen LogP contribution in [0.5, 0.6) is 0 Å². The molecule has 6 rings (SSSR count). The molecule has 0 aliphatic carbocycles. The lowest BCUT2D eigenvalue weighted by Gasteiger charge is -2.42. The lowest BCUT2D eigenvalue weighted by atomic mass is 9.85. The van der Waals surface area contributed by atoms with E-state index in [0.717, 1.165) is 43.6 Å². The third-order valence-electron chi connectivity index (χ3n) is 8.43. The number of carbonyl (C=O) groups is 2. The van der Waals surface area contributed by atoms with E-state index in [0.29, 0.717) is 25.9 Å². The van der Waals surface area contributed by atoms with Crippen molar-refractivity contribution in [1.82, 2.24) is 24.3 Å². The van der Waals surface area contributed by atoms with Gasteiger partial charge in [0.15, 0.2) is 0 Å². The second kappa shape index (κ2) is 10.7. The normalized spacial score (nSPS) is 17.6. The molecule has 0 atom stereocenters. The summed E-state index contributed by atoms with van der Waals surface area (Å²) in [6.07, 6.45) is 8.63. The molecule has 3 amide bonds. The van der Waals surface area contributed by atoms with Crippen LogP contribution in [-0.4, -0.2) is 61.4 Å². The number of urea groups is 1. The van der Waals surface area contributed by atoms with Gasteiger partial charge in [-0.15, -0.1) is 0 Å². The summed E-state index contributed by atoms with van der Waals surface area (Å²) in [4.78, 5) is 37.8. The third-order valence-corrected chi connectivity index (χ3v) is 8.43. The van der Waals surface area contributed by atoms with Crippen LogP contribution >= 0.6 is 0 Å². The summed E-state index contributed by atoms with van der Waals surface area (Å²) in [5.74, 6) is -0.0283. The number of nitrogens with zero attached hydrogens (tertiary/aromatic N) is 5. The number of pyridine rings is 1. The van der Waals surface area contributed by atoms with Crippen molar-refractivity contribution in [3.8, 4) is 0 Å². The molecule has 2 fully saturated rings. The Kier molecular flexibility index (Phi) is 6.92. The largest absolute Gasteiger partial charge is 0.350 e. The Morgan fingerprint density at radius 2 is 1.62 bits per heavy atom. The average molecular weight is 522 g/mol. The Bertz CT molecular complexity index is 1460. The van der Waals surface area contributed by atoms with Crippen LogP contribution in [0.2, 0.25) is 0 Å². The molecule has 0 unspecified atom stereocenters. The number of benzene rings is 2. The quantitative estimate of drug-likeness (QED) is 0.306. The van der Waals surface area contributed by atoms with Crippen LogP contribution in [0.3, 0.4) is 0 Å². The van der Waals surface area contributed by atoms with E-state index in [2.05, 4.69) is 52.0 Å². The van der Waals surface area contributed by atoms with Crippen LogP contribution in [0.4, 0.5) is 4.79 Å². The number of hydrogen-bond donors (Lipinski definition) is 0. The van der Waals surface area contributed by atoms with Crippen molar-refractivity contribution in [2.75, 3.05) is 19.6 Å². The van der Waals surface area contributed by atoms with E-state index in [1.807, 2.05) is 53.6 Å². The van der Waals surface area contributed by atoms with E-state index in [-0.39, 0.29) is 11.9 Å². The minimum absolute atomic E-state index is 0.0283. The highest BCUT2D eigenvalue weighted by Crippen LogP contribution is 2.39. The Morgan fingerprint density at radius 1 is 0.872 bits per heavy atom. The minimum Gasteiger partial charge on any atom is -0.350 e. The Hall–Kier alpha value is -3.97. The minimum atomic E-state index is -0.781. The highest BCUT2D eigenvalue weighted by Gasteiger charge is 2.57. The molecule has 2 aromatic heterocycles. The maximum Gasteiger partial charge on any atom is 0.327 e. The Labute approximate surface area is 229 Å². The molecule has 0 radical (unpaired) electrons. The molecule has 2 saturated heterocycles. The summed E-state index contributed by atoms with van der Waals surface area (Å²) in [5, 5.41) is 1.28. The summed E-state index contributed by atoms with van der Waals surface area (Å²) >= 11 is 0. The van der Waals surface area contributed by atoms with Gasteiger partial charge < -0.3 is 9.47 Å². The first-order chi connectivity index (χ1) is 19.0. The van der Waals surface area contributed by atoms with Gasteiger partial charge in [0.25, 0.3) is 5.91 Å². The van der Waals surface area contributed by atoms with Crippen LogP contribution in [-0.2, 0) is 31.4 Å². The van der Waals surface area contributed by atoms with Crippen LogP contribution < -0.4 is 0 Å². The van der Waals surface area contributed by atoms with Crippen LogP contribution in [0.25, 0.3) is 10.9 Å². The maximum absolute atomic E-state index is 14.0. The summed E-state index contributed by atoms with van der Waals surface area (Å²) < 4.78 is 2.18. The Balaban J connectivity index is 1.19. The predicted molar refractivity (Wildman–Crippen MR) is 152 cm³/mol. The van der Waals surface area contributed by atoms with E-state index in [1.54, 1.807) is 6.20 Å². The number of rotatable bonds is 8. The molecular formula is C32H35N5O2. The van der Waals surface area contributed by atoms with Crippen molar-refractivity contribution < 1.29 is 9.59 Å². The molecule has 2 aliphatic heterocycles. The molecule has 0 N–H and O–H groups in total. The molecule has 200 valence electrons. The molecule has 2 aliphatic rings. The van der Waals surface area contributed by atoms with Crippen LogP contribution in [0.1, 0.15) is 36.0 Å². The number of imide groups is 1. The van der Waals surface area contributed by atoms with Crippen molar-refractivity contribution in [1.29, 1.82) is 0 Å². The van der Waals surface area contributed by atoms with Gasteiger partial charge >= 0.3 is 6.03 Å². The van der Waals surface area contributed by atoms with E-state index in [1.165, 1.54) is 21.4 Å². The number of amides is 3. The number of aromatic nitrogens is 2. The number of hydrogen-bond acceptors (Lipinski definition) is 4.